The van der Waals surface area contributed by atoms with Gasteiger partial charge in [0.1, 0.15) is 0 Å². The van der Waals surface area contributed by atoms with E-state index < -0.39 is 0 Å². The highest BCUT2D eigenvalue weighted by Gasteiger charge is 2.09. The molecule has 0 aliphatic carbocycles. The molecule has 2 aromatic carbocycles. The van der Waals surface area contributed by atoms with Crippen LogP contribution in [0.1, 0.15) is 21.5 Å². The highest BCUT2D eigenvalue weighted by atomic mass is 35.5. The molecule has 0 saturated carbocycles. The number of hydrogen-bond donors (Lipinski definition) is 2. The zero-order valence-corrected chi connectivity index (χ0v) is 14.8. The number of para-hydroxylation sites is 1. The Labute approximate surface area is 151 Å². The number of amides is 1. The van der Waals surface area contributed by atoms with Crippen LogP contribution in [0.4, 0.5) is 17.1 Å². The smallest absolute Gasteiger partial charge is 0.257 e. The predicted molar refractivity (Wildman–Crippen MR) is 103 cm³/mol. The molecule has 0 unspecified atom stereocenters. The average molecular weight is 352 g/mol. The van der Waals surface area contributed by atoms with Gasteiger partial charge in [-0.25, -0.2) is 0 Å². The topological polar surface area (TPSA) is 54.0 Å². The fraction of sp³-hybridized carbons (Fsp3) is 0.100. The minimum atomic E-state index is -0.260. The van der Waals surface area contributed by atoms with Crippen LogP contribution in [0.15, 0.2) is 60.9 Å². The van der Waals surface area contributed by atoms with Gasteiger partial charge in [0.05, 0.1) is 28.2 Å². The third kappa shape index (κ3) is 4.17. The second kappa shape index (κ2) is 7.36. The zero-order valence-electron chi connectivity index (χ0n) is 14.0. The summed E-state index contributed by atoms with van der Waals surface area (Å²) in [6.07, 6.45) is 3.21. The Morgan fingerprint density at radius 3 is 2.52 bits per heavy atom. The highest BCUT2D eigenvalue weighted by molar-refractivity contribution is 6.33. The summed E-state index contributed by atoms with van der Waals surface area (Å²) in [5, 5.41) is 6.56. The van der Waals surface area contributed by atoms with E-state index in [2.05, 4.69) is 41.6 Å². The number of carbonyl (C=O) groups is 1. The maximum Gasteiger partial charge on any atom is 0.257 e. The molecule has 4 nitrogen and oxygen atoms in total. The first-order chi connectivity index (χ1) is 12.0. The molecule has 1 amide bonds. The van der Waals surface area contributed by atoms with E-state index in [9.17, 15) is 4.79 Å². The van der Waals surface area contributed by atoms with Crippen LogP contribution < -0.4 is 10.6 Å². The van der Waals surface area contributed by atoms with Crippen molar-refractivity contribution in [3.63, 3.8) is 0 Å². The normalized spacial score (nSPS) is 10.4. The Kier molecular flexibility index (Phi) is 5.00. The number of rotatable bonds is 4. The summed E-state index contributed by atoms with van der Waals surface area (Å²) in [4.78, 5) is 16.6. The summed E-state index contributed by atoms with van der Waals surface area (Å²) >= 11 is 6.08. The highest BCUT2D eigenvalue weighted by Crippen LogP contribution is 2.23. The number of carbonyl (C=O) groups excluding carboxylic acids is 1. The van der Waals surface area contributed by atoms with Gasteiger partial charge in [-0.05, 0) is 55.3 Å². The van der Waals surface area contributed by atoms with E-state index in [0.717, 1.165) is 11.4 Å². The lowest BCUT2D eigenvalue weighted by Crippen LogP contribution is -2.12. The molecule has 0 spiro atoms. The Bertz CT molecular complexity index is 924. The number of benzene rings is 2. The average Bonchev–Trinajstić information content (AvgIpc) is 2.60. The molecule has 2 N–H and O–H groups in total. The minimum Gasteiger partial charge on any atom is -0.354 e. The van der Waals surface area contributed by atoms with Gasteiger partial charge >= 0.3 is 0 Å². The van der Waals surface area contributed by atoms with Gasteiger partial charge in [0, 0.05) is 11.9 Å². The molecule has 0 atom stereocenters. The molecule has 25 heavy (non-hydrogen) atoms. The van der Waals surface area contributed by atoms with Crippen molar-refractivity contribution in [3.8, 4) is 0 Å². The van der Waals surface area contributed by atoms with Crippen molar-refractivity contribution in [2.75, 3.05) is 10.6 Å². The molecule has 0 fully saturated rings. The lowest BCUT2D eigenvalue weighted by molar-refractivity contribution is 0.102. The fourth-order valence-electron chi connectivity index (χ4n) is 2.38. The SMILES string of the molecule is Cc1ccc(Nc2cncc(C(=O)Nc3ccccc3Cl)c2)cc1C. The molecule has 126 valence electrons. The van der Waals surface area contributed by atoms with Crippen LogP contribution in [-0.2, 0) is 0 Å². The van der Waals surface area contributed by atoms with Crippen molar-refractivity contribution >= 4 is 34.6 Å². The summed E-state index contributed by atoms with van der Waals surface area (Å²) in [6, 6.07) is 15.0. The van der Waals surface area contributed by atoms with Crippen molar-refractivity contribution in [1.82, 2.24) is 4.98 Å². The Morgan fingerprint density at radius 1 is 0.960 bits per heavy atom. The van der Waals surface area contributed by atoms with Gasteiger partial charge in [-0.15, -0.1) is 0 Å². The van der Waals surface area contributed by atoms with Gasteiger partial charge in [-0.1, -0.05) is 29.8 Å². The molecule has 3 aromatic rings. The Balaban J connectivity index is 1.77. The van der Waals surface area contributed by atoms with Crippen LogP contribution in [0.25, 0.3) is 0 Å². The molecule has 0 bridgehead atoms. The second-order valence-electron chi connectivity index (χ2n) is 5.82. The third-order valence-electron chi connectivity index (χ3n) is 3.92. The van der Waals surface area contributed by atoms with E-state index in [-0.39, 0.29) is 5.91 Å². The second-order valence-corrected chi connectivity index (χ2v) is 6.23. The molecule has 0 aliphatic rings. The Hall–Kier alpha value is -2.85. The van der Waals surface area contributed by atoms with Crippen LogP contribution in [0, 0.1) is 13.8 Å². The number of pyridine rings is 1. The van der Waals surface area contributed by atoms with Crippen LogP contribution in [0.5, 0.6) is 0 Å². The first kappa shape index (κ1) is 17.0. The number of halogens is 1. The number of hydrogen-bond acceptors (Lipinski definition) is 3. The summed E-state index contributed by atoms with van der Waals surface area (Å²) in [7, 11) is 0. The van der Waals surface area contributed by atoms with Gasteiger partial charge in [-0.3, -0.25) is 9.78 Å². The van der Waals surface area contributed by atoms with Crippen LogP contribution in [0.2, 0.25) is 5.02 Å². The quantitative estimate of drug-likeness (QED) is 0.666. The van der Waals surface area contributed by atoms with E-state index in [1.165, 1.54) is 17.3 Å². The van der Waals surface area contributed by atoms with E-state index >= 15 is 0 Å². The molecule has 1 aromatic heterocycles. The fourth-order valence-corrected chi connectivity index (χ4v) is 2.56. The standard InChI is InChI=1S/C20H18ClN3O/c1-13-7-8-16(9-14(13)2)23-17-10-15(11-22-12-17)20(25)24-19-6-4-3-5-18(19)21/h3-12,23H,1-2H3,(H,24,25). The first-order valence-corrected chi connectivity index (χ1v) is 8.26. The molecule has 1 heterocycles. The van der Waals surface area contributed by atoms with Gasteiger partial charge in [-0.2, -0.15) is 0 Å². The molecule has 5 heteroatoms. The monoisotopic (exact) mass is 351 g/mol. The summed E-state index contributed by atoms with van der Waals surface area (Å²) < 4.78 is 0. The van der Waals surface area contributed by atoms with Gasteiger partial charge in [0.15, 0.2) is 0 Å². The number of aryl methyl sites for hydroxylation is 2. The summed E-state index contributed by atoms with van der Waals surface area (Å²) in [5.74, 6) is -0.260. The summed E-state index contributed by atoms with van der Waals surface area (Å²) in [5.41, 5.74) is 5.15. The molecular weight excluding hydrogens is 334 g/mol. The lowest BCUT2D eigenvalue weighted by atomic mass is 10.1. The maximum absolute atomic E-state index is 12.4. The van der Waals surface area contributed by atoms with Crippen molar-refractivity contribution in [2.45, 2.75) is 13.8 Å². The van der Waals surface area contributed by atoms with E-state index in [1.807, 2.05) is 18.2 Å². The molecule has 0 radical (unpaired) electrons. The van der Waals surface area contributed by atoms with E-state index in [1.54, 1.807) is 24.4 Å². The number of nitrogens with zero attached hydrogens (tertiary/aromatic N) is 1. The van der Waals surface area contributed by atoms with Gasteiger partial charge in [0.2, 0.25) is 0 Å². The molecule has 0 aliphatic heterocycles. The van der Waals surface area contributed by atoms with Gasteiger partial charge in [0.25, 0.3) is 5.91 Å². The van der Waals surface area contributed by atoms with Crippen LogP contribution >= 0.6 is 11.6 Å². The van der Waals surface area contributed by atoms with Crippen molar-refractivity contribution in [2.24, 2.45) is 0 Å². The first-order valence-electron chi connectivity index (χ1n) is 7.88. The lowest BCUT2D eigenvalue weighted by Gasteiger charge is -2.10. The number of anilines is 3. The third-order valence-corrected chi connectivity index (χ3v) is 4.25. The molecular formula is C20H18ClN3O. The predicted octanol–water partition coefficient (Wildman–Crippen LogP) is 5.35. The maximum atomic E-state index is 12.4. The largest absolute Gasteiger partial charge is 0.354 e. The van der Waals surface area contributed by atoms with Crippen LogP contribution in [-0.4, -0.2) is 10.9 Å². The van der Waals surface area contributed by atoms with E-state index in [4.69, 9.17) is 11.6 Å². The van der Waals surface area contributed by atoms with Crippen molar-refractivity contribution in [1.29, 1.82) is 0 Å². The van der Waals surface area contributed by atoms with Crippen molar-refractivity contribution in [3.05, 3.63) is 82.6 Å². The van der Waals surface area contributed by atoms with Crippen molar-refractivity contribution < 1.29 is 4.79 Å². The molecule has 3 rings (SSSR count). The van der Waals surface area contributed by atoms with Gasteiger partial charge < -0.3 is 10.6 Å². The Morgan fingerprint density at radius 2 is 1.76 bits per heavy atom. The zero-order chi connectivity index (χ0) is 17.8. The van der Waals surface area contributed by atoms with E-state index in [0.29, 0.717) is 16.3 Å². The minimum absolute atomic E-state index is 0.260. The number of aromatic nitrogens is 1. The van der Waals surface area contributed by atoms with Crippen LogP contribution in [0.3, 0.4) is 0 Å². The summed E-state index contributed by atoms with van der Waals surface area (Å²) in [6.45, 7) is 4.13. The molecule has 0 saturated heterocycles. The number of nitrogens with one attached hydrogen (secondary N) is 2.